The lowest BCUT2D eigenvalue weighted by atomic mass is 10.1. The van der Waals surface area contributed by atoms with Crippen LogP contribution in [0.4, 0.5) is 5.13 Å². The van der Waals surface area contributed by atoms with Crippen molar-refractivity contribution in [2.75, 3.05) is 12.1 Å². The van der Waals surface area contributed by atoms with Crippen molar-refractivity contribution in [3.05, 3.63) is 23.6 Å². The molecule has 8 heteroatoms. The van der Waals surface area contributed by atoms with Crippen molar-refractivity contribution in [2.24, 2.45) is 11.7 Å². The molecule has 0 fully saturated rings. The molecule has 0 radical (unpaired) electrons. The van der Waals surface area contributed by atoms with Crippen LogP contribution in [0.1, 0.15) is 13.8 Å². The van der Waals surface area contributed by atoms with Crippen molar-refractivity contribution in [2.45, 2.75) is 19.9 Å². The van der Waals surface area contributed by atoms with Crippen molar-refractivity contribution in [3.63, 3.8) is 0 Å². The van der Waals surface area contributed by atoms with Crippen molar-refractivity contribution in [1.82, 2.24) is 4.98 Å². The van der Waals surface area contributed by atoms with Crippen LogP contribution in [0.25, 0.3) is 11.3 Å². The number of carbonyl (C=O) groups excluding carboxylic acids is 1. The summed E-state index contributed by atoms with van der Waals surface area (Å²) >= 11 is 1.36. The number of aromatic nitrogens is 1. The lowest BCUT2D eigenvalue weighted by molar-refractivity contribution is -0.118. The van der Waals surface area contributed by atoms with Gasteiger partial charge in [0.15, 0.2) is 16.6 Å². The first-order valence-electron chi connectivity index (χ1n) is 6.96. The molecule has 0 saturated carbocycles. The number of rotatable bonds is 4. The molecule has 2 aromatic rings. The van der Waals surface area contributed by atoms with E-state index in [1.807, 2.05) is 37.4 Å². The van der Waals surface area contributed by atoms with E-state index in [4.69, 9.17) is 15.2 Å². The maximum Gasteiger partial charge on any atom is 0.243 e. The number of fused-ring (bicyclic) bond motifs is 1. The molecule has 1 aromatic heterocycles. The van der Waals surface area contributed by atoms with E-state index in [0.717, 1.165) is 17.0 Å². The summed E-state index contributed by atoms with van der Waals surface area (Å²) in [5, 5.41) is 5.17. The van der Waals surface area contributed by atoms with Gasteiger partial charge in [-0.15, -0.1) is 23.7 Å². The molecule has 0 saturated heterocycles. The highest BCUT2D eigenvalue weighted by Gasteiger charge is 2.19. The van der Waals surface area contributed by atoms with Crippen molar-refractivity contribution in [1.29, 1.82) is 0 Å². The third-order valence-corrected chi connectivity index (χ3v) is 4.18. The van der Waals surface area contributed by atoms with Crippen LogP contribution in [0, 0.1) is 5.92 Å². The highest BCUT2D eigenvalue weighted by Crippen LogP contribution is 2.36. The second-order valence-electron chi connectivity index (χ2n) is 5.36. The molecule has 3 rings (SSSR count). The minimum absolute atomic E-state index is 0. The average molecular weight is 356 g/mol. The fraction of sp³-hybridized carbons (Fsp3) is 0.333. The van der Waals surface area contributed by atoms with E-state index < -0.39 is 6.04 Å². The number of ether oxygens (including phenoxy) is 2. The summed E-state index contributed by atoms with van der Waals surface area (Å²) in [6.07, 6.45) is 0. The Labute approximate surface area is 144 Å². The summed E-state index contributed by atoms with van der Waals surface area (Å²) in [5.41, 5.74) is 7.51. The maximum atomic E-state index is 11.9. The van der Waals surface area contributed by atoms with Crippen LogP contribution in [-0.2, 0) is 4.79 Å². The van der Waals surface area contributed by atoms with E-state index in [2.05, 4.69) is 10.3 Å². The number of nitrogens with two attached hydrogens (primary N) is 1. The number of carbonyl (C=O) groups is 1. The third kappa shape index (κ3) is 3.74. The Balaban J connectivity index is 0.00000192. The topological polar surface area (TPSA) is 86.5 Å². The summed E-state index contributed by atoms with van der Waals surface area (Å²) in [6, 6.07) is 5.10. The van der Waals surface area contributed by atoms with Gasteiger partial charge in [0.2, 0.25) is 12.7 Å². The first-order chi connectivity index (χ1) is 10.5. The van der Waals surface area contributed by atoms with Crippen molar-refractivity contribution < 1.29 is 14.3 Å². The van der Waals surface area contributed by atoms with Crippen molar-refractivity contribution in [3.8, 4) is 22.8 Å². The summed E-state index contributed by atoms with van der Waals surface area (Å²) in [4.78, 5) is 16.4. The Hall–Kier alpha value is -1.83. The molecule has 1 amide bonds. The molecule has 0 spiro atoms. The zero-order valence-electron chi connectivity index (χ0n) is 12.7. The van der Waals surface area contributed by atoms with E-state index >= 15 is 0 Å². The summed E-state index contributed by atoms with van der Waals surface area (Å²) < 4.78 is 10.6. The second kappa shape index (κ2) is 7.16. The number of hydrogen-bond donors (Lipinski definition) is 2. The van der Waals surface area contributed by atoms with Gasteiger partial charge < -0.3 is 20.5 Å². The van der Waals surface area contributed by atoms with Gasteiger partial charge in [0, 0.05) is 10.9 Å². The van der Waals surface area contributed by atoms with Gasteiger partial charge in [-0.1, -0.05) is 13.8 Å². The third-order valence-electron chi connectivity index (χ3n) is 3.42. The number of thiazole rings is 1. The van der Waals surface area contributed by atoms with Crippen LogP contribution >= 0.6 is 23.7 Å². The number of halogens is 1. The highest BCUT2D eigenvalue weighted by molar-refractivity contribution is 7.14. The predicted octanol–water partition coefficient (Wildman–Crippen LogP) is 2.88. The molecule has 1 aliphatic rings. The van der Waals surface area contributed by atoms with Gasteiger partial charge in [0.25, 0.3) is 0 Å². The number of nitrogens with one attached hydrogen (secondary N) is 1. The van der Waals surface area contributed by atoms with Crippen LogP contribution in [0.5, 0.6) is 11.5 Å². The van der Waals surface area contributed by atoms with Gasteiger partial charge in [-0.3, -0.25) is 4.79 Å². The monoisotopic (exact) mass is 355 g/mol. The molecular formula is C15H18ClN3O3S. The van der Waals surface area contributed by atoms with E-state index in [1.165, 1.54) is 11.3 Å². The first-order valence-corrected chi connectivity index (χ1v) is 7.84. The Morgan fingerprint density at radius 2 is 2.09 bits per heavy atom. The largest absolute Gasteiger partial charge is 0.454 e. The number of amides is 1. The quantitative estimate of drug-likeness (QED) is 0.880. The summed E-state index contributed by atoms with van der Waals surface area (Å²) in [6.45, 7) is 4.05. The van der Waals surface area contributed by atoms with Crippen LogP contribution in [-0.4, -0.2) is 23.7 Å². The number of nitrogens with zero attached hydrogens (tertiary/aromatic N) is 1. The fourth-order valence-electron chi connectivity index (χ4n) is 2.01. The minimum atomic E-state index is -0.544. The molecule has 6 nitrogen and oxygen atoms in total. The number of benzene rings is 1. The molecule has 3 N–H and O–H groups in total. The summed E-state index contributed by atoms with van der Waals surface area (Å²) in [7, 11) is 0. The zero-order valence-corrected chi connectivity index (χ0v) is 14.4. The molecule has 1 atom stereocenters. The van der Waals surface area contributed by atoms with E-state index in [-0.39, 0.29) is 31.0 Å². The Morgan fingerprint density at radius 1 is 1.35 bits per heavy atom. The normalized spacial score (nSPS) is 13.6. The van der Waals surface area contributed by atoms with Gasteiger partial charge in [-0.2, -0.15) is 0 Å². The Morgan fingerprint density at radius 3 is 2.83 bits per heavy atom. The molecule has 1 aliphatic heterocycles. The smallest absolute Gasteiger partial charge is 0.243 e. The van der Waals surface area contributed by atoms with Gasteiger partial charge in [-0.25, -0.2) is 4.98 Å². The molecule has 1 aromatic carbocycles. The van der Waals surface area contributed by atoms with Gasteiger partial charge in [-0.05, 0) is 24.1 Å². The average Bonchev–Trinajstić information content (AvgIpc) is 3.13. The molecule has 124 valence electrons. The number of hydrogen-bond acceptors (Lipinski definition) is 6. The SMILES string of the molecule is CC(C)C(N)C(=O)Nc1nc(-c2ccc3c(c2)OCO3)cs1.Cl. The molecule has 23 heavy (non-hydrogen) atoms. The molecule has 0 aliphatic carbocycles. The predicted molar refractivity (Wildman–Crippen MR) is 92.4 cm³/mol. The van der Waals surface area contributed by atoms with E-state index in [9.17, 15) is 4.79 Å². The second-order valence-corrected chi connectivity index (χ2v) is 6.22. The van der Waals surface area contributed by atoms with E-state index in [0.29, 0.717) is 10.9 Å². The van der Waals surface area contributed by atoms with Crippen molar-refractivity contribution >= 4 is 34.8 Å². The molecule has 1 unspecified atom stereocenters. The Bertz CT molecular complexity index is 705. The lowest BCUT2D eigenvalue weighted by Gasteiger charge is -2.13. The number of anilines is 1. The van der Waals surface area contributed by atoms with Gasteiger partial charge in [0.05, 0.1) is 11.7 Å². The van der Waals surface area contributed by atoms with Crippen LogP contribution < -0.4 is 20.5 Å². The minimum Gasteiger partial charge on any atom is -0.454 e. The summed E-state index contributed by atoms with van der Waals surface area (Å²) in [5.74, 6) is 1.29. The molecule has 2 heterocycles. The fourth-order valence-corrected chi connectivity index (χ4v) is 2.73. The van der Waals surface area contributed by atoms with Crippen LogP contribution in [0.15, 0.2) is 23.6 Å². The van der Waals surface area contributed by atoms with Gasteiger partial charge >= 0.3 is 0 Å². The first kappa shape index (κ1) is 17.5. The Kier molecular flexibility index (Phi) is 5.46. The zero-order chi connectivity index (χ0) is 15.7. The van der Waals surface area contributed by atoms with Crippen LogP contribution in [0.2, 0.25) is 0 Å². The van der Waals surface area contributed by atoms with Gasteiger partial charge in [0.1, 0.15) is 0 Å². The van der Waals surface area contributed by atoms with E-state index in [1.54, 1.807) is 0 Å². The van der Waals surface area contributed by atoms with Crippen LogP contribution in [0.3, 0.4) is 0 Å². The molecule has 0 bridgehead atoms. The highest BCUT2D eigenvalue weighted by atomic mass is 35.5. The lowest BCUT2D eigenvalue weighted by Crippen LogP contribution is -2.39. The molecular weight excluding hydrogens is 338 g/mol. The standard InChI is InChI=1S/C15H17N3O3S.ClH/c1-8(2)13(16)14(19)18-15-17-10(6-22-15)9-3-4-11-12(5-9)21-7-20-11;/h3-6,8,13H,7,16H2,1-2H3,(H,17,18,19);1H. The maximum absolute atomic E-state index is 11.9.